The third-order valence-corrected chi connectivity index (χ3v) is 5.32. The largest absolute Gasteiger partial charge is 0.312 e. The predicted octanol–water partition coefficient (Wildman–Crippen LogP) is 1.79. The molecule has 19 heavy (non-hydrogen) atoms. The maximum Gasteiger partial charge on any atom is 0.0195 e. The van der Waals surface area contributed by atoms with E-state index in [2.05, 4.69) is 29.0 Å². The van der Waals surface area contributed by atoms with Gasteiger partial charge in [0.15, 0.2) is 0 Å². The van der Waals surface area contributed by atoms with Crippen molar-refractivity contribution >= 4 is 0 Å². The second-order valence-electron chi connectivity index (χ2n) is 6.93. The Balaban J connectivity index is 1.35. The highest BCUT2D eigenvalue weighted by Gasteiger charge is 2.40. The first-order valence-corrected chi connectivity index (χ1v) is 8.47. The van der Waals surface area contributed by atoms with Crippen LogP contribution in [0.15, 0.2) is 0 Å². The van der Waals surface area contributed by atoms with Crippen LogP contribution in [0.3, 0.4) is 0 Å². The van der Waals surface area contributed by atoms with Gasteiger partial charge in [-0.15, -0.1) is 0 Å². The zero-order chi connectivity index (χ0) is 13.2. The van der Waals surface area contributed by atoms with Gasteiger partial charge in [0.25, 0.3) is 0 Å². The van der Waals surface area contributed by atoms with Crippen molar-refractivity contribution in [3.8, 4) is 0 Å². The standard InChI is InChI=1S/C16H31N3/c1-3-19-11-10-18(12-13(19)2)9-8-17-16(14-4-5-14)15-6-7-15/h13-17H,3-12H2,1-2H3. The molecule has 1 saturated heterocycles. The molecule has 0 radical (unpaired) electrons. The van der Waals surface area contributed by atoms with Gasteiger partial charge in [-0.25, -0.2) is 0 Å². The van der Waals surface area contributed by atoms with Crippen LogP contribution in [0.25, 0.3) is 0 Å². The topological polar surface area (TPSA) is 18.5 Å². The number of rotatable bonds is 7. The maximum atomic E-state index is 3.88. The van der Waals surface area contributed by atoms with Gasteiger partial charge in [0, 0.05) is 44.8 Å². The third-order valence-electron chi connectivity index (χ3n) is 5.32. The SMILES string of the molecule is CCN1CCN(CCNC(C2CC2)C2CC2)CC1C. The number of nitrogens with one attached hydrogen (secondary N) is 1. The Kier molecular flexibility index (Phi) is 4.45. The van der Waals surface area contributed by atoms with Gasteiger partial charge in [-0.05, 0) is 51.0 Å². The molecule has 0 aromatic carbocycles. The fourth-order valence-electron chi connectivity index (χ4n) is 3.76. The van der Waals surface area contributed by atoms with Crippen LogP contribution in [0.4, 0.5) is 0 Å². The van der Waals surface area contributed by atoms with E-state index < -0.39 is 0 Å². The molecule has 2 aliphatic carbocycles. The molecule has 1 aliphatic heterocycles. The van der Waals surface area contributed by atoms with E-state index in [4.69, 9.17) is 0 Å². The summed E-state index contributed by atoms with van der Waals surface area (Å²) in [5, 5.41) is 3.88. The minimum absolute atomic E-state index is 0.737. The van der Waals surface area contributed by atoms with Gasteiger partial charge >= 0.3 is 0 Å². The summed E-state index contributed by atoms with van der Waals surface area (Å²) in [5.41, 5.74) is 0. The van der Waals surface area contributed by atoms with Crippen molar-refractivity contribution in [1.29, 1.82) is 0 Å². The molecule has 3 nitrogen and oxygen atoms in total. The second kappa shape index (κ2) is 6.11. The highest BCUT2D eigenvalue weighted by molar-refractivity contribution is 4.96. The first-order chi connectivity index (χ1) is 9.28. The second-order valence-corrected chi connectivity index (χ2v) is 6.93. The monoisotopic (exact) mass is 265 g/mol. The Morgan fingerprint density at radius 1 is 1.11 bits per heavy atom. The number of piperazine rings is 1. The van der Waals surface area contributed by atoms with Gasteiger partial charge in [0.2, 0.25) is 0 Å². The van der Waals surface area contributed by atoms with Crippen molar-refractivity contribution in [2.45, 2.75) is 51.6 Å². The smallest absolute Gasteiger partial charge is 0.0195 e. The van der Waals surface area contributed by atoms with E-state index in [0.29, 0.717) is 0 Å². The average molecular weight is 265 g/mol. The van der Waals surface area contributed by atoms with Gasteiger partial charge in [-0.1, -0.05) is 6.92 Å². The zero-order valence-corrected chi connectivity index (χ0v) is 12.8. The Labute approximate surface area is 118 Å². The van der Waals surface area contributed by atoms with Crippen LogP contribution >= 0.6 is 0 Å². The van der Waals surface area contributed by atoms with Crippen LogP contribution in [0, 0.1) is 11.8 Å². The van der Waals surface area contributed by atoms with Crippen LogP contribution in [-0.2, 0) is 0 Å². The van der Waals surface area contributed by atoms with E-state index >= 15 is 0 Å². The fraction of sp³-hybridized carbons (Fsp3) is 1.00. The fourth-order valence-corrected chi connectivity index (χ4v) is 3.76. The highest BCUT2D eigenvalue weighted by atomic mass is 15.3. The first kappa shape index (κ1) is 13.8. The number of hydrogen-bond acceptors (Lipinski definition) is 3. The van der Waals surface area contributed by atoms with Crippen molar-refractivity contribution < 1.29 is 0 Å². The Bertz CT molecular complexity index is 274. The summed E-state index contributed by atoms with van der Waals surface area (Å²) in [5.74, 6) is 2.06. The molecule has 3 aliphatic rings. The molecular weight excluding hydrogens is 234 g/mol. The number of hydrogen-bond donors (Lipinski definition) is 1. The highest BCUT2D eigenvalue weighted by Crippen LogP contribution is 2.44. The van der Waals surface area contributed by atoms with Gasteiger partial charge in [0.1, 0.15) is 0 Å². The van der Waals surface area contributed by atoms with E-state index in [1.165, 1.54) is 65.0 Å². The maximum absolute atomic E-state index is 3.88. The summed E-state index contributed by atoms with van der Waals surface area (Å²) in [4.78, 5) is 5.25. The van der Waals surface area contributed by atoms with E-state index in [0.717, 1.165) is 23.9 Å². The molecule has 1 atom stereocenters. The Morgan fingerprint density at radius 3 is 2.32 bits per heavy atom. The molecule has 0 amide bonds. The Hall–Kier alpha value is -0.120. The third kappa shape index (κ3) is 3.71. The molecule has 1 N–H and O–H groups in total. The van der Waals surface area contributed by atoms with E-state index in [1.807, 2.05) is 0 Å². The molecule has 0 spiro atoms. The summed E-state index contributed by atoms with van der Waals surface area (Å²) in [6.45, 7) is 12.1. The molecule has 110 valence electrons. The molecule has 1 heterocycles. The van der Waals surface area contributed by atoms with E-state index in [1.54, 1.807) is 0 Å². The molecule has 3 rings (SSSR count). The summed E-state index contributed by atoms with van der Waals surface area (Å²) in [6, 6.07) is 1.61. The minimum Gasteiger partial charge on any atom is -0.312 e. The van der Waals surface area contributed by atoms with E-state index in [-0.39, 0.29) is 0 Å². The van der Waals surface area contributed by atoms with Gasteiger partial charge in [-0.3, -0.25) is 9.80 Å². The zero-order valence-electron chi connectivity index (χ0n) is 12.8. The molecular formula is C16H31N3. The van der Waals surface area contributed by atoms with Crippen molar-refractivity contribution in [1.82, 2.24) is 15.1 Å². The number of nitrogens with zero attached hydrogens (tertiary/aromatic N) is 2. The minimum atomic E-state index is 0.737. The van der Waals surface area contributed by atoms with Crippen LogP contribution in [0.5, 0.6) is 0 Å². The normalized spacial score (nSPS) is 30.2. The summed E-state index contributed by atoms with van der Waals surface area (Å²) in [6.07, 6.45) is 5.95. The average Bonchev–Trinajstić information content (AvgIpc) is 3.28. The number of likely N-dealkylation sites (N-methyl/N-ethyl adjacent to an activating group) is 1. The van der Waals surface area contributed by atoms with Crippen molar-refractivity contribution in [2.75, 3.05) is 39.3 Å². The van der Waals surface area contributed by atoms with Crippen molar-refractivity contribution in [3.05, 3.63) is 0 Å². The van der Waals surface area contributed by atoms with Crippen molar-refractivity contribution in [3.63, 3.8) is 0 Å². The lowest BCUT2D eigenvalue weighted by Crippen LogP contribution is -2.53. The molecule has 0 bridgehead atoms. The molecule has 2 saturated carbocycles. The predicted molar refractivity (Wildman–Crippen MR) is 80.4 cm³/mol. The molecule has 3 fully saturated rings. The lowest BCUT2D eigenvalue weighted by atomic mass is 10.1. The molecule has 0 aromatic heterocycles. The van der Waals surface area contributed by atoms with Crippen LogP contribution in [0.1, 0.15) is 39.5 Å². The quantitative estimate of drug-likeness (QED) is 0.757. The molecule has 1 unspecified atom stereocenters. The molecule has 0 aromatic rings. The van der Waals surface area contributed by atoms with Crippen LogP contribution in [0.2, 0.25) is 0 Å². The molecule has 3 heteroatoms. The summed E-state index contributed by atoms with van der Waals surface area (Å²) >= 11 is 0. The van der Waals surface area contributed by atoms with Crippen LogP contribution in [-0.4, -0.2) is 61.2 Å². The lowest BCUT2D eigenvalue weighted by molar-refractivity contribution is 0.0878. The van der Waals surface area contributed by atoms with E-state index in [9.17, 15) is 0 Å². The van der Waals surface area contributed by atoms with Gasteiger partial charge in [-0.2, -0.15) is 0 Å². The summed E-state index contributed by atoms with van der Waals surface area (Å²) < 4.78 is 0. The van der Waals surface area contributed by atoms with Crippen molar-refractivity contribution in [2.24, 2.45) is 11.8 Å². The Morgan fingerprint density at radius 2 is 1.79 bits per heavy atom. The van der Waals surface area contributed by atoms with Crippen LogP contribution < -0.4 is 5.32 Å². The van der Waals surface area contributed by atoms with Gasteiger partial charge < -0.3 is 5.32 Å². The lowest BCUT2D eigenvalue weighted by Gasteiger charge is -2.39. The van der Waals surface area contributed by atoms with Gasteiger partial charge in [0.05, 0.1) is 0 Å². The first-order valence-electron chi connectivity index (χ1n) is 8.47. The summed E-state index contributed by atoms with van der Waals surface area (Å²) in [7, 11) is 0.